The Morgan fingerprint density at radius 2 is 0.699 bits per heavy atom. The van der Waals surface area contributed by atoms with Crippen molar-refractivity contribution in [1.29, 1.82) is 0 Å². The SMILES string of the molecule is N[C@@]1(C(=O)O)CN(S(=O)(=O)NCc2ccccn2)C[C@@H]1CCCB(O)O.N[C@@]1(C(=O)O)CN(S(=O)(=O)Nc2ccn[nH]2)C[C@@H]1CCCB(O)O.N[C@@]1(C(=O)O)CN(S(=O)(=O)Nc2cnc[nH]2)C[C@@H]1CCCB(O)O.N[C@@]1(C(=O)O)CN(S(=O)(=O)Nc2ncc[nH]2)C[C@@H]1CCCB(O)O.N[C@@]1(C(=O)O)CN(S(=O)(=O)Nc2ncco2)C[C@@H]1CCCB(O)O.N[C@@]1(C(=O)O)CN(S(=O)(=O)Nc2ncn[nH]2)C[C@@H]1CCCB(O)O. The average Bonchev–Trinajstić information content (AvgIpc) is 1.64. The molecule has 12 heterocycles. The fraction of sp³-hybridized carbons (Fsp3) is 0.632. The summed E-state index contributed by atoms with van der Waals surface area (Å²) in [5.41, 5.74) is 25.8. The Hall–Kier alpha value is -9.96. The van der Waals surface area contributed by atoms with Crippen LogP contribution in [0.15, 0.2) is 84.8 Å². The number of carboxylic acids is 6. The molecule has 66 nitrogen and oxygen atoms in total. The summed E-state index contributed by atoms with van der Waals surface area (Å²) in [5.74, 6) is -11.5. The molecule has 0 aliphatic carbocycles. The van der Waals surface area contributed by atoms with E-state index in [1.807, 2.05) is 0 Å². The van der Waals surface area contributed by atoms with E-state index in [4.69, 9.17) is 99.1 Å². The molecule has 0 radical (unpaired) electrons. The fourth-order valence-corrected chi connectivity index (χ4v) is 24.0. The molecular weight excluding hydrogens is 2070 g/mol. The molecule has 6 fully saturated rings. The lowest BCUT2D eigenvalue weighted by Crippen LogP contribution is -2.55. The summed E-state index contributed by atoms with van der Waals surface area (Å²) in [6.45, 7) is -2.83. The van der Waals surface area contributed by atoms with Crippen LogP contribution in [0.2, 0.25) is 37.9 Å². The molecule has 6 saturated heterocycles. The second-order valence-electron chi connectivity index (χ2n) is 35.2. The summed E-state index contributed by atoms with van der Waals surface area (Å²) >= 11 is 0. The van der Waals surface area contributed by atoms with Crippen molar-refractivity contribution >= 4 is 169 Å². The zero-order chi connectivity index (χ0) is 109. The van der Waals surface area contributed by atoms with Crippen LogP contribution in [0.4, 0.5) is 29.5 Å². The van der Waals surface area contributed by atoms with E-state index >= 15 is 0 Å². The van der Waals surface area contributed by atoms with Crippen LogP contribution in [-0.2, 0) is 96.6 Å². The van der Waals surface area contributed by atoms with Crippen molar-refractivity contribution in [3.05, 3.63) is 86.1 Å². The van der Waals surface area contributed by atoms with Crippen LogP contribution in [0.3, 0.4) is 0 Å². The number of aliphatic carboxylic acids is 6. The highest BCUT2D eigenvalue weighted by atomic mass is 32.2. The van der Waals surface area contributed by atoms with Gasteiger partial charge in [0.2, 0.25) is 11.9 Å². The molecule has 78 heteroatoms. The van der Waals surface area contributed by atoms with E-state index in [9.17, 15) is 110 Å². The first-order chi connectivity index (χ1) is 67.9. The third-order valence-electron chi connectivity index (χ3n) is 24.7. The minimum absolute atomic E-state index is 0.0137. The number of anilines is 5. The van der Waals surface area contributed by atoms with Gasteiger partial charge in [0.25, 0.3) is 10.2 Å². The van der Waals surface area contributed by atoms with Crippen molar-refractivity contribution in [2.45, 2.75) is 155 Å². The number of nitrogens with zero attached hydrogens (tertiary/aromatic N) is 13. The number of carboxylic acid groups (broad SMARTS) is 6. The Bertz CT molecular complexity index is 5210. The fourth-order valence-electron chi connectivity index (χ4n) is 16.5. The van der Waals surface area contributed by atoms with Crippen LogP contribution < -0.4 is 62.7 Å². The van der Waals surface area contributed by atoms with E-state index in [-0.39, 0.29) is 178 Å². The number of pyridine rings is 1. The number of H-pyrrole nitrogens is 4. The van der Waals surface area contributed by atoms with Crippen molar-refractivity contribution in [3.63, 3.8) is 0 Å². The second kappa shape index (κ2) is 53.0. The van der Waals surface area contributed by atoms with E-state index in [0.717, 1.165) is 32.2 Å². The lowest BCUT2D eigenvalue weighted by Gasteiger charge is -2.25. The summed E-state index contributed by atoms with van der Waals surface area (Å²) < 4.78 is 173. The maximum absolute atomic E-state index is 12.5. The van der Waals surface area contributed by atoms with Gasteiger partial charge >= 0.3 is 136 Å². The molecule has 12 atom stereocenters. The summed E-state index contributed by atoms with van der Waals surface area (Å²) in [6, 6.07) is 6.29. The Morgan fingerprint density at radius 3 is 0.966 bits per heavy atom. The monoisotopic (exact) mass is 2190 g/mol. The number of aromatic amines is 4. The molecule has 0 aromatic carbocycles. The van der Waals surface area contributed by atoms with E-state index in [2.05, 4.69) is 83.6 Å². The average molecular weight is 2190 g/mol. The number of rotatable bonds is 49. The van der Waals surface area contributed by atoms with Crippen molar-refractivity contribution in [2.24, 2.45) is 69.9 Å². The number of carbonyl (C=O) groups is 6. The lowest BCUT2D eigenvalue weighted by molar-refractivity contribution is -0.145. The van der Waals surface area contributed by atoms with Gasteiger partial charge in [-0.2, -0.15) is 96.2 Å². The van der Waals surface area contributed by atoms with Gasteiger partial charge in [0.1, 0.15) is 57.5 Å². The zero-order valence-corrected chi connectivity index (χ0v) is 82.8. The van der Waals surface area contributed by atoms with Crippen molar-refractivity contribution in [1.82, 2.24) is 85.8 Å². The lowest BCUT2D eigenvalue weighted by atomic mass is 9.78. The van der Waals surface area contributed by atoms with E-state index in [1.54, 1.807) is 24.4 Å². The summed E-state index contributed by atoms with van der Waals surface area (Å²) in [7, 11) is -33.1. The standard InChI is InChI=1S/C14H23BN4O6S.3C11H20BN5O6S.C11H19BN4O7S.C10H19BN6O6S/c16-14(13(20)21)10-19(9-11(14)4-3-6-15(22)23)26(24,25)18-8-12-5-1-2-7-17-12;13-11(10(18)19)7-17(6-8(11)2-1-4-12(20)21)24(22,23)16-9-3-5-14-15-9;13-11(10(18)19)6-17(5-8(11)2-1-3-12(20)21)24(22,23)16-9-4-14-7-15-9;13-11(9(18)19)7-17(6-8(11)2-1-3-12(20)21)24(22,23)16-10-14-4-5-15-10;13-11(9(17)18)7-16(6-8(11)2-1-3-12(19)20)24(21,22)15-10-14-4-5-23-10;12-10(8(18)19)5-17(4-7(10)2-1-3-11(20)21)24(22,23)16-9-13-6-14-15-9/h1-2,5,7,11,18,22-23H,3-4,6,8-10,16H2,(H,20,21);3,5,8,20-21H,1-2,4,6-7,13H2,(H,18,19)(H2,14,15,16);4,7-8,16,20-21H,1-3,5-6,13H2,(H,14,15)(H,18,19);4-5,8,20-21H,1-3,6-7,13H2,(H,18,19)(H2,14,15,16);4-5,8,19-20H,1-3,6-7,13H2,(H,14,15)(H,17,18);6-7,20-21H,1-5,12H2,(H,18,19)(H2,13,14,15,16)/t11-,14-;4*8-,11-;7-,10-/m000000/s1. The largest absolute Gasteiger partial charge is 0.480 e. The zero-order valence-electron chi connectivity index (χ0n) is 77.9. The maximum atomic E-state index is 12.5. The molecule has 146 heavy (non-hydrogen) atoms. The predicted octanol–water partition coefficient (Wildman–Crippen LogP) is -11.8. The van der Waals surface area contributed by atoms with Crippen LogP contribution in [0.5, 0.6) is 0 Å². The quantitative estimate of drug-likeness (QED) is 0.0158. The molecule has 0 bridgehead atoms. The molecule has 6 aromatic rings. The number of hydrogen-bond donors (Lipinski definition) is 34. The van der Waals surface area contributed by atoms with Gasteiger partial charge in [-0.15, -0.1) is 0 Å². The normalized spacial score (nSPS) is 24.7. The van der Waals surface area contributed by atoms with Gasteiger partial charge < -0.3 is 140 Å². The van der Waals surface area contributed by atoms with Crippen LogP contribution in [-0.4, -0.2) is 413 Å². The number of aromatic nitrogens is 11. The van der Waals surface area contributed by atoms with Gasteiger partial charge in [-0.3, -0.25) is 48.3 Å². The Balaban J connectivity index is 0.000000237. The van der Waals surface area contributed by atoms with Gasteiger partial charge in [0, 0.05) is 139 Å². The number of hydrogen-bond acceptors (Lipinski definition) is 44. The minimum Gasteiger partial charge on any atom is -0.480 e. The third-order valence-corrected chi connectivity index (χ3v) is 33.3. The molecule has 6 aliphatic rings. The smallest absolute Gasteiger partial charge is 0.451 e. The molecule has 12 rings (SSSR count). The van der Waals surface area contributed by atoms with Crippen LogP contribution in [0.1, 0.15) is 82.7 Å². The molecular formula is C68H121B6N29O37S6. The van der Waals surface area contributed by atoms with Crippen molar-refractivity contribution in [3.8, 4) is 0 Å². The first kappa shape index (κ1) is 123. The van der Waals surface area contributed by atoms with Crippen molar-refractivity contribution < 1.29 is 175 Å². The highest BCUT2D eigenvalue weighted by molar-refractivity contribution is 7.91. The molecule has 6 aromatic heterocycles. The van der Waals surface area contributed by atoms with Gasteiger partial charge in [-0.05, 0) is 88.6 Å². The van der Waals surface area contributed by atoms with Gasteiger partial charge in [-0.25, -0.2) is 34.2 Å². The number of oxazole rings is 1. The van der Waals surface area contributed by atoms with E-state index in [1.165, 1.54) is 49.6 Å². The van der Waals surface area contributed by atoms with Crippen molar-refractivity contribution in [2.75, 3.05) is 102 Å². The van der Waals surface area contributed by atoms with Crippen LogP contribution >= 0.6 is 0 Å². The Labute approximate surface area is 838 Å². The first-order valence-corrected chi connectivity index (χ1v) is 53.1. The molecule has 0 saturated carbocycles. The minimum atomic E-state index is -4.08. The molecule has 0 amide bonds. The van der Waals surface area contributed by atoms with Gasteiger partial charge in [0.05, 0.1) is 37.2 Å². The number of nitrogens with two attached hydrogens (primary N) is 6. The van der Waals surface area contributed by atoms with Crippen LogP contribution in [0.25, 0.3) is 0 Å². The highest BCUT2D eigenvalue weighted by Crippen LogP contribution is 2.39. The molecule has 6 aliphatic heterocycles. The molecule has 40 N–H and O–H groups in total. The van der Waals surface area contributed by atoms with E-state index < -0.39 is 222 Å². The first-order valence-electron chi connectivity index (χ1n) is 44.5. The van der Waals surface area contributed by atoms with Gasteiger partial charge in [0.15, 0.2) is 0 Å². The van der Waals surface area contributed by atoms with E-state index in [0.29, 0.717) is 44.2 Å². The molecule has 0 spiro atoms. The van der Waals surface area contributed by atoms with Crippen LogP contribution in [0, 0.1) is 35.5 Å². The Kier molecular flexibility index (Phi) is 44.6. The Morgan fingerprint density at radius 1 is 0.370 bits per heavy atom. The predicted molar refractivity (Wildman–Crippen MR) is 514 cm³/mol. The summed E-state index contributed by atoms with van der Waals surface area (Å²) in [6.07, 6.45) is 15.6. The topological polar surface area (TPSA) is 1090 Å². The number of nitrogens with one attached hydrogen (secondary N) is 10. The second-order valence-corrected chi connectivity index (χ2v) is 45.3. The maximum Gasteiger partial charge on any atom is 0.451 e. The van der Waals surface area contributed by atoms with Gasteiger partial charge in [-0.1, -0.05) is 44.6 Å². The summed E-state index contributed by atoms with van der Waals surface area (Å²) in [5, 5.41) is 175. The summed E-state index contributed by atoms with van der Waals surface area (Å²) in [4.78, 5) is 93.2. The highest BCUT2D eigenvalue weighted by Gasteiger charge is 2.59. The molecule has 814 valence electrons. The number of imidazole rings is 2. The molecule has 0 unspecified atom stereocenters. The third kappa shape index (κ3) is 34.6.